The zero-order valence-electron chi connectivity index (χ0n) is 10.6. The van der Waals surface area contributed by atoms with Gasteiger partial charge in [0, 0.05) is 32.3 Å². The summed E-state index contributed by atoms with van der Waals surface area (Å²) in [4.78, 5) is 2.63. The van der Waals surface area contributed by atoms with Gasteiger partial charge in [0.25, 0.3) is 0 Å². The molecular formula is C13H26N2O. The number of rotatable bonds is 4. The van der Waals surface area contributed by atoms with Crippen LogP contribution in [0.25, 0.3) is 0 Å². The van der Waals surface area contributed by atoms with Gasteiger partial charge in [-0.15, -0.1) is 0 Å². The SMILES string of the molecule is CCC1CCN(CCC2CCOC2)CCN1. The van der Waals surface area contributed by atoms with Gasteiger partial charge in [-0.25, -0.2) is 0 Å². The van der Waals surface area contributed by atoms with Crippen molar-refractivity contribution < 1.29 is 4.74 Å². The Labute approximate surface area is 99.5 Å². The molecule has 1 N–H and O–H groups in total. The molecule has 2 fully saturated rings. The molecule has 2 atom stereocenters. The Bertz CT molecular complexity index is 192. The van der Waals surface area contributed by atoms with Crippen LogP contribution in [0, 0.1) is 5.92 Å². The van der Waals surface area contributed by atoms with E-state index in [2.05, 4.69) is 17.1 Å². The van der Waals surface area contributed by atoms with Crippen molar-refractivity contribution in [3.8, 4) is 0 Å². The van der Waals surface area contributed by atoms with Crippen molar-refractivity contribution in [3.63, 3.8) is 0 Å². The molecule has 94 valence electrons. The van der Waals surface area contributed by atoms with Gasteiger partial charge in [-0.1, -0.05) is 6.92 Å². The quantitative estimate of drug-likeness (QED) is 0.786. The minimum absolute atomic E-state index is 0.750. The summed E-state index contributed by atoms with van der Waals surface area (Å²) in [6, 6.07) is 0.750. The van der Waals surface area contributed by atoms with E-state index in [0.717, 1.165) is 25.2 Å². The van der Waals surface area contributed by atoms with Crippen molar-refractivity contribution in [1.29, 1.82) is 0 Å². The highest BCUT2D eigenvalue weighted by Gasteiger charge is 2.18. The summed E-state index contributed by atoms with van der Waals surface area (Å²) >= 11 is 0. The molecular weight excluding hydrogens is 200 g/mol. The topological polar surface area (TPSA) is 24.5 Å². The molecule has 0 amide bonds. The summed E-state index contributed by atoms with van der Waals surface area (Å²) < 4.78 is 5.43. The van der Waals surface area contributed by atoms with E-state index in [1.54, 1.807) is 0 Å². The summed E-state index contributed by atoms with van der Waals surface area (Å²) in [5, 5.41) is 3.62. The lowest BCUT2D eigenvalue weighted by molar-refractivity contribution is 0.178. The molecule has 0 saturated carbocycles. The van der Waals surface area contributed by atoms with Crippen molar-refractivity contribution in [2.24, 2.45) is 5.92 Å². The monoisotopic (exact) mass is 226 g/mol. The van der Waals surface area contributed by atoms with Crippen molar-refractivity contribution in [2.75, 3.05) is 39.4 Å². The molecule has 0 aromatic rings. The van der Waals surface area contributed by atoms with Gasteiger partial charge in [-0.05, 0) is 44.7 Å². The number of nitrogens with one attached hydrogen (secondary N) is 1. The van der Waals surface area contributed by atoms with E-state index < -0.39 is 0 Å². The van der Waals surface area contributed by atoms with Crippen LogP contribution in [0.2, 0.25) is 0 Å². The van der Waals surface area contributed by atoms with Crippen LogP contribution in [0.4, 0.5) is 0 Å². The lowest BCUT2D eigenvalue weighted by atomic mass is 10.0. The molecule has 2 heterocycles. The van der Waals surface area contributed by atoms with Crippen molar-refractivity contribution in [1.82, 2.24) is 10.2 Å². The van der Waals surface area contributed by atoms with Gasteiger partial charge < -0.3 is 15.0 Å². The molecule has 3 nitrogen and oxygen atoms in total. The number of hydrogen-bond acceptors (Lipinski definition) is 3. The molecule has 16 heavy (non-hydrogen) atoms. The van der Waals surface area contributed by atoms with Gasteiger partial charge in [-0.3, -0.25) is 0 Å². The van der Waals surface area contributed by atoms with E-state index >= 15 is 0 Å². The van der Waals surface area contributed by atoms with E-state index in [4.69, 9.17) is 4.74 Å². The summed E-state index contributed by atoms with van der Waals surface area (Å²) in [7, 11) is 0. The molecule has 0 bridgehead atoms. The fraction of sp³-hybridized carbons (Fsp3) is 1.00. The number of hydrogen-bond donors (Lipinski definition) is 1. The Morgan fingerprint density at radius 3 is 3.00 bits per heavy atom. The largest absolute Gasteiger partial charge is 0.381 e. The van der Waals surface area contributed by atoms with Gasteiger partial charge >= 0.3 is 0 Å². The maximum atomic E-state index is 5.43. The first-order chi connectivity index (χ1) is 7.88. The second-order valence-electron chi connectivity index (χ2n) is 5.21. The second-order valence-corrected chi connectivity index (χ2v) is 5.21. The van der Waals surface area contributed by atoms with Crippen LogP contribution in [0.1, 0.15) is 32.6 Å². The smallest absolute Gasteiger partial charge is 0.0495 e. The number of nitrogens with zero attached hydrogens (tertiary/aromatic N) is 1. The average molecular weight is 226 g/mol. The van der Waals surface area contributed by atoms with E-state index in [0.29, 0.717) is 0 Å². The molecule has 2 aliphatic heterocycles. The van der Waals surface area contributed by atoms with E-state index in [1.807, 2.05) is 0 Å². The first-order valence-corrected chi connectivity index (χ1v) is 6.92. The highest BCUT2D eigenvalue weighted by Crippen LogP contribution is 2.17. The van der Waals surface area contributed by atoms with Crippen LogP contribution in [-0.2, 0) is 4.74 Å². The molecule has 0 spiro atoms. The summed E-state index contributed by atoms with van der Waals surface area (Å²) in [5.41, 5.74) is 0. The predicted octanol–water partition coefficient (Wildman–Crippen LogP) is 1.49. The van der Waals surface area contributed by atoms with Crippen molar-refractivity contribution in [2.45, 2.75) is 38.6 Å². The first kappa shape index (κ1) is 12.3. The average Bonchev–Trinajstić information content (AvgIpc) is 2.72. The normalized spacial score (nSPS) is 32.8. The maximum absolute atomic E-state index is 5.43. The summed E-state index contributed by atoms with van der Waals surface area (Å²) in [6.07, 6.45) is 5.20. The molecule has 3 heteroatoms. The van der Waals surface area contributed by atoms with Gasteiger partial charge in [0.05, 0.1) is 0 Å². The lowest BCUT2D eigenvalue weighted by Crippen LogP contribution is -2.31. The lowest BCUT2D eigenvalue weighted by Gasteiger charge is -2.21. The van der Waals surface area contributed by atoms with Gasteiger partial charge in [0.15, 0.2) is 0 Å². The molecule has 0 aliphatic carbocycles. The third-order valence-electron chi connectivity index (χ3n) is 4.03. The van der Waals surface area contributed by atoms with Crippen LogP contribution in [0.15, 0.2) is 0 Å². The zero-order valence-corrected chi connectivity index (χ0v) is 10.6. The molecule has 0 aromatic carbocycles. The fourth-order valence-electron chi connectivity index (χ4n) is 2.73. The highest BCUT2D eigenvalue weighted by atomic mass is 16.5. The molecule has 0 aromatic heterocycles. The van der Waals surface area contributed by atoms with Crippen LogP contribution in [0.3, 0.4) is 0 Å². The van der Waals surface area contributed by atoms with Crippen molar-refractivity contribution in [3.05, 3.63) is 0 Å². The third-order valence-corrected chi connectivity index (χ3v) is 4.03. The zero-order chi connectivity index (χ0) is 11.2. The maximum Gasteiger partial charge on any atom is 0.0495 e. The molecule has 2 saturated heterocycles. The standard InChI is InChI=1S/C13H26N2O/c1-2-13-4-8-15(9-6-14-13)7-3-12-5-10-16-11-12/h12-14H,2-11H2,1H3. The van der Waals surface area contributed by atoms with Gasteiger partial charge in [0.2, 0.25) is 0 Å². The molecule has 2 aliphatic rings. The number of ether oxygens (including phenoxy) is 1. The molecule has 2 unspecified atom stereocenters. The van der Waals surface area contributed by atoms with Crippen molar-refractivity contribution >= 4 is 0 Å². The predicted molar refractivity (Wildman–Crippen MR) is 66.7 cm³/mol. The van der Waals surface area contributed by atoms with Gasteiger partial charge in [0.1, 0.15) is 0 Å². The molecule has 2 rings (SSSR count). The minimum Gasteiger partial charge on any atom is -0.381 e. The van der Waals surface area contributed by atoms with Crippen LogP contribution in [-0.4, -0.2) is 50.3 Å². The second kappa shape index (κ2) is 6.58. The Kier molecular flexibility index (Phi) is 5.07. The Balaban J connectivity index is 1.65. The highest BCUT2D eigenvalue weighted by molar-refractivity contribution is 4.75. The van der Waals surface area contributed by atoms with Gasteiger partial charge in [-0.2, -0.15) is 0 Å². The Morgan fingerprint density at radius 2 is 2.25 bits per heavy atom. The minimum atomic E-state index is 0.750. The van der Waals surface area contributed by atoms with E-state index in [9.17, 15) is 0 Å². The third kappa shape index (κ3) is 3.72. The van der Waals surface area contributed by atoms with E-state index in [1.165, 1.54) is 51.9 Å². The van der Waals surface area contributed by atoms with Crippen LogP contribution < -0.4 is 5.32 Å². The fourth-order valence-corrected chi connectivity index (χ4v) is 2.73. The summed E-state index contributed by atoms with van der Waals surface area (Å²) in [6.45, 7) is 9.21. The van der Waals surface area contributed by atoms with Crippen LogP contribution >= 0.6 is 0 Å². The van der Waals surface area contributed by atoms with E-state index in [-0.39, 0.29) is 0 Å². The Hall–Kier alpha value is -0.120. The van der Waals surface area contributed by atoms with Crippen LogP contribution in [0.5, 0.6) is 0 Å². The molecule has 0 radical (unpaired) electrons. The Morgan fingerprint density at radius 1 is 1.31 bits per heavy atom. The first-order valence-electron chi connectivity index (χ1n) is 6.92. The summed E-state index contributed by atoms with van der Waals surface area (Å²) in [5.74, 6) is 0.832.